The lowest BCUT2D eigenvalue weighted by molar-refractivity contribution is -0.117. The minimum atomic E-state index is -0.227. The predicted octanol–water partition coefficient (Wildman–Crippen LogP) is 4.13. The first kappa shape index (κ1) is 20.9. The topological polar surface area (TPSA) is 79.5 Å². The highest BCUT2D eigenvalue weighted by molar-refractivity contribution is 5.94. The molecule has 0 aromatic heterocycles. The zero-order valence-corrected chi connectivity index (χ0v) is 17.0. The average Bonchev–Trinajstić information content (AvgIpc) is 3.57. The number of rotatable bonds is 9. The second-order valence-electron chi connectivity index (χ2n) is 7.34. The molecule has 1 unspecified atom stereocenters. The highest BCUT2D eigenvalue weighted by Crippen LogP contribution is 2.30. The SMILES string of the molecule is CCOCc1ccccc1CNC(=O)NC(C)c1ccc(NC(=O)C2CC2)cc1. The maximum atomic E-state index is 12.3. The van der Waals surface area contributed by atoms with Crippen LogP contribution in [-0.4, -0.2) is 18.5 Å². The van der Waals surface area contributed by atoms with Gasteiger partial charge in [0.05, 0.1) is 12.6 Å². The van der Waals surface area contributed by atoms with Gasteiger partial charge in [-0.2, -0.15) is 0 Å². The lowest BCUT2D eigenvalue weighted by Crippen LogP contribution is -2.36. The van der Waals surface area contributed by atoms with Crippen molar-refractivity contribution in [3.63, 3.8) is 0 Å². The molecule has 3 amide bonds. The first-order valence-electron chi connectivity index (χ1n) is 10.2. The molecule has 6 heteroatoms. The van der Waals surface area contributed by atoms with Crippen molar-refractivity contribution >= 4 is 17.6 Å². The Balaban J connectivity index is 1.48. The molecule has 154 valence electrons. The van der Waals surface area contributed by atoms with Gasteiger partial charge in [-0.15, -0.1) is 0 Å². The molecule has 3 rings (SSSR count). The number of carbonyl (C=O) groups excluding carboxylic acids is 2. The summed E-state index contributed by atoms with van der Waals surface area (Å²) >= 11 is 0. The van der Waals surface area contributed by atoms with Gasteiger partial charge in [0.2, 0.25) is 5.91 Å². The molecule has 0 heterocycles. The number of urea groups is 1. The first-order valence-corrected chi connectivity index (χ1v) is 10.2. The molecule has 3 N–H and O–H groups in total. The molecule has 1 saturated carbocycles. The van der Waals surface area contributed by atoms with Gasteiger partial charge >= 0.3 is 6.03 Å². The number of anilines is 1. The largest absolute Gasteiger partial charge is 0.377 e. The standard InChI is InChI=1S/C23H29N3O3/c1-3-29-15-20-7-5-4-6-19(20)14-24-23(28)25-16(2)17-10-12-21(13-11-17)26-22(27)18-8-9-18/h4-7,10-13,16,18H,3,8-9,14-15H2,1-2H3,(H,26,27)(H2,24,25,28). The van der Waals surface area contributed by atoms with Crippen LogP contribution in [0.15, 0.2) is 48.5 Å². The highest BCUT2D eigenvalue weighted by Gasteiger charge is 2.29. The minimum Gasteiger partial charge on any atom is -0.377 e. The van der Waals surface area contributed by atoms with E-state index >= 15 is 0 Å². The molecule has 0 aliphatic heterocycles. The van der Waals surface area contributed by atoms with E-state index in [-0.39, 0.29) is 23.9 Å². The van der Waals surface area contributed by atoms with E-state index in [1.807, 2.05) is 62.4 Å². The molecule has 0 radical (unpaired) electrons. The monoisotopic (exact) mass is 395 g/mol. The second-order valence-corrected chi connectivity index (χ2v) is 7.34. The minimum absolute atomic E-state index is 0.0907. The van der Waals surface area contributed by atoms with Gasteiger partial charge in [-0.3, -0.25) is 4.79 Å². The summed E-state index contributed by atoms with van der Waals surface area (Å²) in [5, 5.41) is 8.78. The molecule has 1 aliphatic rings. The van der Waals surface area contributed by atoms with Crippen molar-refractivity contribution in [2.45, 2.75) is 45.9 Å². The van der Waals surface area contributed by atoms with Crippen LogP contribution >= 0.6 is 0 Å². The molecular formula is C23H29N3O3. The highest BCUT2D eigenvalue weighted by atomic mass is 16.5. The van der Waals surface area contributed by atoms with E-state index < -0.39 is 0 Å². The number of hydrogen-bond donors (Lipinski definition) is 3. The first-order chi connectivity index (χ1) is 14.1. The van der Waals surface area contributed by atoms with Crippen molar-refractivity contribution in [3.8, 4) is 0 Å². The maximum Gasteiger partial charge on any atom is 0.315 e. The van der Waals surface area contributed by atoms with Gasteiger partial charge in [-0.05, 0) is 55.5 Å². The molecule has 1 atom stereocenters. The zero-order chi connectivity index (χ0) is 20.6. The van der Waals surface area contributed by atoms with E-state index in [0.29, 0.717) is 19.8 Å². The summed E-state index contributed by atoms with van der Waals surface area (Å²) in [7, 11) is 0. The molecule has 6 nitrogen and oxygen atoms in total. The Morgan fingerprint density at radius 2 is 1.76 bits per heavy atom. The lowest BCUT2D eigenvalue weighted by atomic mass is 10.1. The molecule has 2 aromatic rings. The van der Waals surface area contributed by atoms with E-state index in [0.717, 1.165) is 35.2 Å². The predicted molar refractivity (Wildman–Crippen MR) is 113 cm³/mol. The fraction of sp³-hybridized carbons (Fsp3) is 0.391. The van der Waals surface area contributed by atoms with Crippen molar-refractivity contribution < 1.29 is 14.3 Å². The van der Waals surface area contributed by atoms with Gasteiger partial charge in [0.15, 0.2) is 0 Å². The fourth-order valence-electron chi connectivity index (χ4n) is 3.03. The van der Waals surface area contributed by atoms with Crippen molar-refractivity contribution in [1.82, 2.24) is 10.6 Å². The van der Waals surface area contributed by atoms with Crippen LogP contribution in [0.25, 0.3) is 0 Å². The average molecular weight is 396 g/mol. The van der Waals surface area contributed by atoms with Crippen LogP contribution < -0.4 is 16.0 Å². The van der Waals surface area contributed by atoms with E-state index in [9.17, 15) is 9.59 Å². The van der Waals surface area contributed by atoms with Gasteiger partial charge in [-0.1, -0.05) is 36.4 Å². The molecule has 1 fully saturated rings. The summed E-state index contributed by atoms with van der Waals surface area (Å²) in [5.41, 5.74) is 3.88. The summed E-state index contributed by atoms with van der Waals surface area (Å²) in [6, 6.07) is 15.1. The normalized spacial score (nSPS) is 14.1. The van der Waals surface area contributed by atoms with Gasteiger partial charge in [0.1, 0.15) is 0 Å². The van der Waals surface area contributed by atoms with Crippen LogP contribution in [0.1, 0.15) is 49.4 Å². The summed E-state index contributed by atoms with van der Waals surface area (Å²) in [6.45, 7) is 5.52. The van der Waals surface area contributed by atoms with Crippen LogP contribution in [0.2, 0.25) is 0 Å². The van der Waals surface area contributed by atoms with E-state index in [1.165, 1.54) is 0 Å². The Morgan fingerprint density at radius 3 is 2.41 bits per heavy atom. The Kier molecular flexibility index (Phi) is 7.25. The van der Waals surface area contributed by atoms with E-state index in [1.54, 1.807) is 0 Å². The number of nitrogens with one attached hydrogen (secondary N) is 3. The summed E-state index contributed by atoms with van der Waals surface area (Å²) in [5.74, 6) is 0.269. The molecule has 29 heavy (non-hydrogen) atoms. The number of hydrogen-bond acceptors (Lipinski definition) is 3. The molecule has 0 spiro atoms. The molecular weight excluding hydrogens is 366 g/mol. The Labute approximate surface area is 172 Å². The quantitative estimate of drug-likeness (QED) is 0.597. The zero-order valence-electron chi connectivity index (χ0n) is 17.0. The number of carbonyl (C=O) groups is 2. The van der Waals surface area contributed by atoms with E-state index in [4.69, 9.17) is 4.74 Å². The summed E-state index contributed by atoms with van der Waals surface area (Å²) in [4.78, 5) is 24.1. The van der Waals surface area contributed by atoms with Crippen molar-refractivity contribution in [3.05, 3.63) is 65.2 Å². The third-order valence-electron chi connectivity index (χ3n) is 4.99. The van der Waals surface area contributed by atoms with Crippen LogP contribution in [0.3, 0.4) is 0 Å². The van der Waals surface area contributed by atoms with Crippen molar-refractivity contribution in [2.24, 2.45) is 5.92 Å². The van der Waals surface area contributed by atoms with Gasteiger partial charge in [-0.25, -0.2) is 4.79 Å². The molecule has 1 aliphatic carbocycles. The smallest absolute Gasteiger partial charge is 0.315 e. The lowest BCUT2D eigenvalue weighted by Gasteiger charge is -2.16. The van der Waals surface area contributed by atoms with Crippen LogP contribution in [0, 0.1) is 5.92 Å². The van der Waals surface area contributed by atoms with Crippen LogP contribution in [-0.2, 0) is 22.7 Å². The maximum absolute atomic E-state index is 12.3. The summed E-state index contributed by atoms with van der Waals surface area (Å²) < 4.78 is 5.48. The van der Waals surface area contributed by atoms with Crippen molar-refractivity contribution in [1.29, 1.82) is 0 Å². The van der Waals surface area contributed by atoms with E-state index in [2.05, 4.69) is 16.0 Å². The number of benzene rings is 2. The number of ether oxygens (including phenoxy) is 1. The fourth-order valence-corrected chi connectivity index (χ4v) is 3.03. The Hall–Kier alpha value is -2.86. The van der Waals surface area contributed by atoms with Gasteiger partial charge < -0.3 is 20.7 Å². The molecule has 2 aromatic carbocycles. The van der Waals surface area contributed by atoms with Gasteiger partial charge in [0, 0.05) is 24.8 Å². The van der Waals surface area contributed by atoms with Gasteiger partial charge in [0.25, 0.3) is 0 Å². The third-order valence-corrected chi connectivity index (χ3v) is 4.99. The van der Waals surface area contributed by atoms with Crippen LogP contribution in [0.4, 0.5) is 10.5 Å². The Bertz CT molecular complexity index is 832. The second kappa shape index (κ2) is 10.1. The molecule has 0 saturated heterocycles. The molecule has 0 bridgehead atoms. The third kappa shape index (κ3) is 6.32. The van der Waals surface area contributed by atoms with Crippen molar-refractivity contribution in [2.75, 3.05) is 11.9 Å². The summed E-state index contributed by atoms with van der Waals surface area (Å²) in [6.07, 6.45) is 1.96. The Morgan fingerprint density at radius 1 is 1.07 bits per heavy atom. The van der Waals surface area contributed by atoms with Crippen LogP contribution in [0.5, 0.6) is 0 Å². The number of amides is 3.